The van der Waals surface area contributed by atoms with Crippen LogP contribution in [-0.2, 0) is 10.0 Å². The van der Waals surface area contributed by atoms with Crippen molar-refractivity contribution in [2.75, 3.05) is 29.6 Å². The number of ether oxygens (including phenoxy) is 2. The molecule has 0 aliphatic heterocycles. The Hall–Kier alpha value is -3.79. The molecule has 8 nitrogen and oxygen atoms in total. The molecule has 0 bridgehead atoms. The number of carbonyl (C=O) groups is 1. The number of halogens is 1. The van der Waals surface area contributed by atoms with Crippen LogP contribution in [0.2, 0.25) is 0 Å². The van der Waals surface area contributed by atoms with E-state index in [9.17, 15) is 17.6 Å². The summed E-state index contributed by atoms with van der Waals surface area (Å²) in [5.41, 5.74) is 0.404. The van der Waals surface area contributed by atoms with Crippen LogP contribution in [0.15, 0.2) is 71.6 Å². The minimum atomic E-state index is -3.96. The highest BCUT2D eigenvalue weighted by Gasteiger charge is 2.18. The summed E-state index contributed by atoms with van der Waals surface area (Å²) in [4.78, 5) is 12.2. The molecule has 0 saturated heterocycles. The quantitative estimate of drug-likeness (QED) is 0.503. The van der Waals surface area contributed by atoms with Crippen LogP contribution >= 0.6 is 0 Å². The van der Waals surface area contributed by atoms with Gasteiger partial charge in [-0.15, -0.1) is 0 Å². The van der Waals surface area contributed by atoms with Gasteiger partial charge in [0, 0.05) is 5.69 Å². The topological polar surface area (TPSA) is 106 Å². The molecule has 0 heterocycles. The van der Waals surface area contributed by atoms with E-state index in [1.165, 1.54) is 50.6 Å². The van der Waals surface area contributed by atoms with Crippen LogP contribution in [0.3, 0.4) is 0 Å². The maximum absolute atomic E-state index is 13.7. The van der Waals surface area contributed by atoms with Gasteiger partial charge in [-0.3, -0.25) is 4.72 Å². The third kappa shape index (κ3) is 5.43. The van der Waals surface area contributed by atoms with Gasteiger partial charge in [0.15, 0.2) is 0 Å². The van der Waals surface area contributed by atoms with Crippen LogP contribution in [0.5, 0.6) is 11.5 Å². The number of para-hydroxylation sites is 1. The van der Waals surface area contributed by atoms with E-state index in [0.29, 0.717) is 11.4 Å². The molecule has 0 unspecified atom stereocenters. The van der Waals surface area contributed by atoms with Crippen molar-refractivity contribution in [1.82, 2.24) is 0 Å². The van der Waals surface area contributed by atoms with Gasteiger partial charge in [-0.2, -0.15) is 0 Å². The SMILES string of the molecule is COc1ccc(NS(=O)(=O)c2ccc(OC)c(NC(=O)Nc3ccccc3F)c2)cc1. The second-order valence-electron chi connectivity index (χ2n) is 6.26. The zero-order chi connectivity index (χ0) is 22.4. The van der Waals surface area contributed by atoms with E-state index in [4.69, 9.17) is 9.47 Å². The Balaban J connectivity index is 1.81. The number of sulfonamides is 1. The summed E-state index contributed by atoms with van der Waals surface area (Å²) < 4.78 is 52.0. The first-order chi connectivity index (χ1) is 14.8. The van der Waals surface area contributed by atoms with Crippen molar-refractivity contribution in [1.29, 1.82) is 0 Å². The van der Waals surface area contributed by atoms with Crippen LogP contribution in [-0.4, -0.2) is 28.7 Å². The van der Waals surface area contributed by atoms with Crippen molar-refractivity contribution < 1.29 is 27.1 Å². The summed E-state index contributed by atoms with van der Waals surface area (Å²) in [5.74, 6) is 0.205. The first kappa shape index (κ1) is 21.9. The van der Waals surface area contributed by atoms with Crippen molar-refractivity contribution in [3.8, 4) is 11.5 Å². The molecule has 10 heteroatoms. The van der Waals surface area contributed by atoms with Gasteiger partial charge in [0.2, 0.25) is 0 Å². The fourth-order valence-electron chi connectivity index (χ4n) is 2.66. The second-order valence-corrected chi connectivity index (χ2v) is 7.94. The summed E-state index contributed by atoms with van der Waals surface area (Å²) in [6.07, 6.45) is 0. The summed E-state index contributed by atoms with van der Waals surface area (Å²) in [7, 11) is -1.08. The van der Waals surface area contributed by atoms with E-state index in [1.807, 2.05) is 0 Å². The molecule has 3 aromatic rings. The van der Waals surface area contributed by atoms with Gasteiger partial charge in [-0.1, -0.05) is 12.1 Å². The number of benzene rings is 3. The predicted octanol–water partition coefficient (Wildman–Crippen LogP) is 4.29. The third-order valence-electron chi connectivity index (χ3n) is 4.19. The highest BCUT2D eigenvalue weighted by Crippen LogP contribution is 2.29. The van der Waals surface area contributed by atoms with Crippen molar-refractivity contribution in [3.05, 3.63) is 72.5 Å². The van der Waals surface area contributed by atoms with E-state index in [1.54, 1.807) is 30.3 Å². The van der Waals surface area contributed by atoms with Crippen molar-refractivity contribution in [2.45, 2.75) is 4.90 Å². The molecule has 3 rings (SSSR count). The van der Waals surface area contributed by atoms with Crippen LogP contribution in [0.4, 0.5) is 26.2 Å². The number of nitrogens with one attached hydrogen (secondary N) is 3. The molecule has 0 aromatic heterocycles. The average molecular weight is 445 g/mol. The third-order valence-corrected chi connectivity index (χ3v) is 5.57. The lowest BCUT2D eigenvalue weighted by Gasteiger charge is -2.14. The van der Waals surface area contributed by atoms with Crippen LogP contribution in [0.25, 0.3) is 0 Å². The maximum atomic E-state index is 13.7. The zero-order valence-electron chi connectivity index (χ0n) is 16.7. The van der Waals surface area contributed by atoms with Crippen molar-refractivity contribution >= 4 is 33.1 Å². The van der Waals surface area contributed by atoms with E-state index in [2.05, 4.69) is 15.4 Å². The fourth-order valence-corrected chi connectivity index (χ4v) is 3.75. The first-order valence-electron chi connectivity index (χ1n) is 9.00. The Bertz CT molecular complexity index is 1180. The van der Waals surface area contributed by atoms with E-state index in [-0.39, 0.29) is 22.0 Å². The average Bonchev–Trinajstić information content (AvgIpc) is 2.75. The summed E-state index contributed by atoms with van der Waals surface area (Å²) in [5, 5.41) is 4.84. The van der Waals surface area contributed by atoms with Crippen molar-refractivity contribution in [2.24, 2.45) is 0 Å². The smallest absolute Gasteiger partial charge is 0.323 e. The van der Waals surface area contributed by atoms with Gasteiger partial charge in [-0.25, -0.2) is 17.6 Å². The number of hydrogen-bond donors (Lipinski definition) is 3. The van der Waals surface area contributed by atoms with Gasteiger partial charge in [0.05, 0.1) is 30.5 Å². The summed E-state index contributed by atoms with van der Waals surface area (Å²) in [6, 6.07) is 15.2. The Labute approximate surface area is 179 Å². The largest absolute Gasteiger partial charge is 0.497 e. The molecular weight excluding hydrogens is 425 g/mol. The molecule has 0 atom stereocenters. The monoisotopic (exact) mass is 445 g/mol. The Morgan fingerprint density at radius 1 is 0.871 bits per heavy atom. The Morgan fingerprint density at radius 3 is 2.19 bits per heavy atom. The maximum Gasteiger partial charge on any atom is 0.323 e. The van der Waals surface area contributed by atoms with Crippen LogP contribution < -0.4 is 24.8 Å². The van der Waals surface area contributed by atoms with E-state index in [0.717, 1.165) is 0 Å². The molecular formula is C21H20FN3O5S. The lowest BCUT2D eigenvalue weighted by Crippen LogP contribution is -2.21. The van der Waals surface area contributed by atoms with Gasteiger partial charge in [0.1, 0.15) is 17.3 Å². The molecule has 0 fully saturated rings. The van der Waals surface area contributed by atoms with Gasteiger partial charge < -0.3 is 20.1 Å². The molecule has 0 aliphatic carbocycles. The first-order valence-corrected chi connectivity index (χ1v) is 10.5. The van der Waals surface area contributed by atoms with Crippen LogP contribution in [0, 0.1) is 5.82 Å². The normalized spacial score (nSPS) is 10.8. The van der Waals surface area contributed by atoms with E-state index >= 15 is 0 Å². The zero-order valence-corrected chi connectivity index (χ0v) is 17.5. The second kappa shape index (κ2) is 9.35. The van der Waals surface area contributed by atoms with Gasteiger partial charge in [0.25, 0.3) is 10.0 Å². The minimum Gasteiger partial charge on any atom is -0.497 e. The number of anilines is 3. The Morgan fingerprint density at radius 2 is 1.55 bits per heavy atom. The van der Waals surface area contributed by atoms with E-state index < -0.39 is 21.9 Å². The molecule has 0 aliphatic rings. The molecule has 3 aromatic carbocycles. The minimum absolute atomic E-state index is 0.0242. The fraction of sp³-hybridized carbons (Fsp3) is 0.0952. The van der Waals surface area contributed by atoms with Crippen LogP contribution in [0.1, 0.15) is 0 Å². The number of hydrogen-bond acceptors (Lipinski definition) is 5. The molecule has 2 amide bonds. The molecule has 0 radical (unpaired) electrons. The number of amides is 2. The number of carbonyl (C=O) groups excluding carboxylic acids is 1. The number of methoxy groups -OCH3 is 2. The lowest BCUT2D eigenvalue weighted by molar-refractivity contribution is 0.262. The molecule has 31 heavy (non-hydrogen) atoms. The Kier molecular flexibility index (Phi) is 6.61. The summed E-state index contributed by atoms with van der Waals surface area (Å²) in [6.45, 7) is 0. The number of urea groups is 1. The lowest BCUT2D eigenvalue weighted by atomic mass is 10.3. The van der Waals surface area contributed by atoms with Gasteiger partial charge in [-0.05, 0) is 54.6 Å². The highest BCUT2D eigenvalue weighted by atomic mass is 32.2. The molecule has 3 N–H and O–H groups in total. The van der Waals surface area contributed by atoms with Gasteiger partial charge >= 0.3 is 6.03 Å². The predicted molar refractivity (Wildman–Crippen MR) is 116 cm³/mol. The van der Waals surface area contributed by atoms with Crippen molar-refractivity contribution in [3.63, 3.8) is 0 Å². The molecule has 0 saturated carbocycles. The standard InChI is InChI=1S/C21H20FN3O5S/c1-29-15-9-7-14(8-10-15)25-31(27,28)16-11-12-20(30-2)19(13-16)24-21(26)23-18-6-4-3-5-17(18)22/h3-13,25H,1-2H3,(H2,23,24,26). The summed E-state index contributed by atoms with van der Waals surface area (Å²) >= 11 is 0. The molecule has 0 spiro atoms. The number of rotatable bonds is 7. The molecule has 162 valence electrons. The highest BCUT2D eigenvalue weighted by molar-refractivity contribution is 7.92.